The molecule has 114 valence electrons. The van der Waals surface area contributed by atoms with Crippen molar-refractivity contribution in [1.29, 1.82) is 0 Å². The largest absolute Gasteiger partial charge is 0.462 e. The maximum Gasteiger partial charge on any atom is 0.343 e. The molecule has 7 heteroatoms. The molecule has 2 aromatic rings. The Hall–Kier alpha value is -2.47. The van der Waals surface area contributed by atoms with Crippen LogP contribution >= 0.6 is 11.6 Å². The number of ketones is 1. The zero-order valence-corrected chi connectivity index (χ0v) is 12.8. The molecule has 0 aliphatic heterocycles. The van der Waals surface area contributed by atoms with E-state index in [2.05, 4.69) is 5.10 Å². The summed E-state index contributed by atoms with van der Waals surface area (Å²) in [5, 5.41) is 4.47. The van der Waals surface area contributed by atoms with Crippen molar-refractivity contribution >= 4 is 23.4 Å². The highest BCUT2D eigenvalue weighted by molar-refractivity contribution is 6.30. The van der Waals surface area contributed by atoms with E-state index in [4.69, 9.17) is 16.3 Å². The van der Waals surface area contributed by atoms with E-state index in [0.717, 1.165) is 10.7 Å². The summed E-state index contributed by atoms with van der Waals surface area (Å²) in [6.45, 7) is 3.05. The lowest BCUT2D eigenvalue weighted by molar-refractivity contribution is 0.0523. The van der Waals surface area contributed by atoms with E-state index >= 15 is 0 Å². The van der Waals surface area contributed by atoms with Crippen molar-refractivity contribution in [2.24, 2.45) is 0 Å². The second-order valence-electron chi connectivity index (χ2n) is 4.41. The van der Waals surface area contributed by atoms with Crippen LogP contribution in [0.5, 0.6) is 0 Å². The van der Waals surface area contributed by atoms with Gasteiger partial charge in [0.2, 0.25) is 0 Å². The number of hydrogen-bond acceptors (Lipinski definition) is 5. The normalized spacial score (nSPS) is 10.3. The summed E-state index contributed by atoms with van der Waals surface area (Å²) in [5.74, 6) is -1.16. The first kappa shape index (κ1) is 15.9. The van der Waals surface area contributed by atoms with Crippen LogP contribution in [0.15, 0.2) is 35.1 Å². The van der Waals surface area contributed by atoms with Gasteiger partial charge < -0.3 is 4.74 Å². The summed E-state index contributed by atoms with van der Waals surface area (Å²) in [6, 6.07) is 7.44. The van der Waals surface area contributed by atoms with Crippen LogP contribution in [0.25, 0.3) is 5.69 Å². The van der Waals surface area contributed by atoms with Crippen molar-refractivity contribution in [2.75, 3.05) is 6.61 Å². The number of carbonyl (C=O) groups is 2. The van der Waals surface area contributed by atoms with Crippen molar-refractivity contribution in [3.63, 3.8) is 0 Å². The minimum atomic E-state index is -0.792. The molecule has 1 heterocycles. The highest BCUT2D eigenvalue weighted by atomic mass is 35.5. The van der Waals surface area contributed by atoms with Gasteiger partial charge >= 0.3 is 5.97 Å². The average Bonchev–Trinajstić information content (AvgIpc) is 2.48. The molecule has 0 bridgehead atoms. The molecule has 0 amide bonds. The lowest BCUT2D eigenvalue weighted by Crippen LogP contribution is -2.30. The van der Waals surface area contributed by atoms with Crippen molar-refractivity contribution in [2.45, 2.75) is 13.8 Å². The Morgan fingerprint density at radius 3 is 2.45 bits per heavy atom. The third kappa shape index (κ3) is 3.23. The quantitative estimate of drug-likeness (QED) is 0.638. The van der Waals surface area contributed by atoms with E-state index in [1.165, 1.54) is 6.92 Å². The first-order valence-electron chi connectivity index (χ1n) is 6.52. The average molecular weight is 321 g/mol. The Morgan fingerprint density at radius 2 is 1.91 bits per heavy atom. The smallest absolute Gasteiger partial charge is 0.343 e. The SMILES string of the molecule is CCOC(=O)c1cc(C(C)=O)nn(-c2ccc(Cl)cc2)c1=O. The van der Waals surface area contributed by atoms with Gasteiger partial charge in [-0.25, -0.2) is 4.79 Å². The fraction of sp³-hybridized carbons (Fsp3) is 0.200. The lowest BCUT2D eigenvalue weighted by atomic mass is 10.2. The van der Waals surface area contributed by atoms with Crippen LogP contribution in [0.1, 0.15) is 34.7 Å². The number of hydrogen-bond donors (Lipinski definition) is 0. The van der Waals surface area contributed by atoms with Crippen LogP contribution in [-0.2, 0) is 4.74 Å². The number of Topliss-reactive ketones (excluding diaryl/α,β-unsaturated/α-hetero) is 1. The molecule has 0 saturated heterocycles. The molecule has 0 spiro atoms. The summed E-state index contributed by atoms with van der Waals surface area (Å²) in [4.78, 5) is 35.9. The summed E-state index contributed by atoms with van der Waals surface area (Å²) in [7, 11) is 0. The third-order valence-electron chi connectivity index (χ3n) is 2.84. The van der Waals surface area contributed by atoms with Crippen LogP contribution in [0.3, 0.4) is 0 Å². The van der Waals surface area contributed by atoms with Crippen LogP contribution in [-0.4, -0.2) is 28.1 Å². The number of esters is 1. The summed E-state index contributed by atoms with van der Waals surface area (Å²) in [5.41, 5.74) is -0.511. The van der Waals surface area contributed by atoms with Gasteiger partial charge in [0.15, 0.2) is 5.78 Å². The number of ether oxygens (including phenoxy) is 1. The second-order valence-corrected chi connectivity index (χ2v) is 4.85. The third-order valence-corrected chi connectivity index (χ3v) is 3.09. The van der Waals surface area contributed by atoms with Crippen molar-refractivity contribution < 1.29 is 14.3 Å². The van der Waals surface area contributed by atoms with Crippen molar-refractivity contribution in [3.8, 4) is 5.69 Å². The van der Waals surface area contributed by atoms with E-state index < -0.39 is 11.5 Å². The molecule has 1 aromatic carbocycles. The number of rotatable bonds is 4. The highest BCUT2D eigenvalue weighted by Gasteiger charge is 2.19. The Labute approximate surface area is 131 Å². The Morgan fingerprint density at radius 1 is 1.27 bits per heavy atom. The second kappa shape index (κ2) is 6.53. The van der Waals surface area contributed by atoms with E-state index in [0.29, 0.717) is 10.7 Å². The van der Waals surface area contributed by atoms with Crippen molar-refractivity contribution in [1.82, 2.24) is 9.78 Å². The number of nitrogens with zero attached hydrogens (tertiary/aromatic N) is 2. The molecule has 0 fully saturated rings. The summed E-state index contributed by atoms with van der Waals surface area (Å²) >= 11 is 5.81. The number of benzene rings is 1. The van der Waals surface area contributed by atoms with Gasteiger partial charge in [0.1, 0.15) is 11.3 Å². The zero-order valence-electron chi connectivity index (χ0n) is 12.0. The fourth-order valence-corrected chi connectivity index (χ4v) is 1.90. The molecule has 0 N–H and O–H groups in total. The Bertz CT molecular complexity index is 781. The maximum atomic E-state index is 12.4. The van der Waals surface area contributed by atoms with Gasteiger partial charge in [-0.2, -0.15) is 9.78 Å². The van der Waals surface area contributed by atoms with Crippen LogP contribution in [0.4, 0.5) is 0 Å². The predicted molar refractivity (Wildman–Crippen MR) is 80.8 cm³/mol. The molecule has 1 aromatic heterocycles. The van der Waals surface area contributed by atoms with Gasteiger partial charge in [-0.15, -0.1) is 0 Å². The van der Waals surface area contributed by atoms with Gasteiger partial charge in [-0.05, 0) is 37.3 Å². The van der Waals surface area contributed by atoms with Gasteiger partial charge in [0, 0.05) is 11.9 Å². The molecular formula is C15H13ClN2O4. The number of halogens is 1. The lowest BCUT2D eigenvalue weighted by Gasteiger charge is -2.09. The van der Waals surface area contributed by atoms with Crippen LogP contribution in [0, 0.1) is 0 Å². The minimum Gasteiger partial charge on any atom is -0.462 e. The minimum absolute atomic E-state index is 0.00222. The zero-order chi connectivity index (χ0) is 16.3. The number of aromatic nitrogens is 2. The monoisotopic (exact) mass is 320 g/mol. The molecule has 6 nitrogen and oxygen atoms in total. The Kier molecular flexibility index (Phi) is 4.72. The standard InChI is InChI=1S/C15H13ClN2O4/c1-3-22-15(21)12-8-13(9(2)19)17-18(14(12)20)11-6-4-10(16)5-7-11/h4-8H,3H2,1-2H3. The van der Waals surface area contributed by atoms with Crippen molar-refractivity contribution in [3.05, 3.63) is 57.0 Å². The number of carbonyl (C=O) groups excluding carboxylic acids is 2. The van der Waals surface area contributed by atoms with E-state index in [-0.39, 0.29) is 23.6 Å². The van der Waals surface area contributed by atoms with Gasteiger partial charge in [-0.3, -0.25) is 9.59 Å². The first-order valence-corrected chi connectivity index (χ1v) is 6.90. The Balaban J connectivity index is 2.67. The van der Waals surface area contributed by atoms with Crippen LogP contribution < -0.4 is 5.56 Å². The predicted octanol–water partition coefficient (Wildman–Crippen LogP) is 2.27. The molecule has 0 saturated carbocycles. The van der Waals surface area contributed by atoms with E-state index in [1.807, 2.05) is 0 Å². The molecule has 0 atom stereocenters. The van der Waals surface area contributed by atoms with E-state index in [1.54, 1.807) is 31.2 Å². The highest BCUT2D eigenvalue weighted by Crippen LogP contribution is 2.12. The first-order chi connectivity index (χ1) is 10.4. The summed E-state index contributed by atoms with van der Waals surface area (Å²) in [6.07, 6.45) is 0. The van der Waals surface area contributed by atoms with Gasteiger partial charge in [0.05, 0.1) is 12.3 Å². The van der Waals surface area contributed by atoms with E-state index in [9.17, 15) is 14.4 Å². The molecular weight excluding hydrogens is 308 g/mol. The van der Waals surface area contributed by atoms with Gasteiger partial charge in [-0.1, -0.05) is 11.6 Å². The fourth-order valence-electron chi connectivity index (χ4n) is 1.78. The molecule has 0 aliphatic rings. The van der Waals surface area contributed by atoms with Gasteiger partial charge in [0.25, 0.3) is 5.56 Å². The summed E-state index contributed by atoms with van der Waals surface area (Å²) < 4.78 is 5.83. The molecule has 0 aliphatic carbocycles. The topological polar surface area (TPSA) is 78.3 Å². The van der Waals surface area contributed by atoms with Crippen LogP contribution in [0.2, 0.25) is 5.02 Å². The molecule has 22 heavy (non-hydrogen) atoms. The molecule has 0 radical (unpaired) electrons. The molecule has 2 rings (SSSR count). The maximum absolute atomic E-state index is 12.4. The molecule has 0 unspecified atom stereocenters.